The van der Waals surface area contributed by atoms with Gasteiger partial charge in [0.15, 0.2) is 0 Å². The third kappa shape index (κ3) is 3.49. The van der Waals surface area contributed by atoms with E-state index in [-0.39, 0.29) is 5.92 Å². The molecule has 0 radical (unpaired) electrons. The van der Waals surface area contributed by atoms with Gasteiger partial charge < -0.3 is 4.90 Å². The Kier molecular flexibility index (Phi) is 5.56. The number of hydrogen-bond acceptors (Lipinski definition) is 2. The Morgan fingerprint density at radius 3 is 2.47 bits per heavy atom. The van der Waals surface area contributed by atoms with Crippen LogP contribution in [0.5, 0.6) is 0 Å². The number of likely N-dealkylation sites (tertiary alicyclic amines) is 1. The van der Waals surface area contributed by atoms with E-state index in [4.69, 9.17) is 0 Å². The minimum Gasteiger partial charge on any atom is -0.378 e. The van der Waals surface area contributed by atoms with Crippen molar-refractivity contribution in [3.8, 4) is 6.07 Å². The molecule has 2 heteroatoms. The topological polar surface area (TPSA) is 27.0 Å². The van der Waals surface area contributed by atoms with Gasteiger partial charge in [-0.15, -0.1) is 0 Å². The number of allylic oxidation sites excluding steroid dienone is 4. The lowest BCUT2D eigenvalue weighted by Crippen LogP contribution is -2.32. The third-order valence-electron chi connectivity index (χ3n) is 3.49. The Bertz CT molecular complexity index is 338. The number of piperidine rings is 1. The van der Waals surface area contributed by atoms with Crippen molar-refractivity contribution in [2.75, 3.05) is 13.1 Å². The second-order valence-electron chi connectivity index (χ2n) is 4.45. The highest BCUT2D eigenvalue weighted by molar-refractivity contribution is 5.26. The molecule has 0 aromatic heterocycles. The first-order valence-electron chi connectivity index (χ1n) is 6.32. The zero-order valence-electron chi connectivity index (χ0n) is 10.9. The van der Waals surface area contributed by atoms with Gasteiger partial charge in [-0.3, -0.25) is 0 Å². The van der Waals surface area contributed by atoms with Gasteiger partial charge in [0.1, 0.15) is 0 Å². The van der Waals surface area contributed by atoms with Gasteiger partial charge in [-0.25, -0.2) is 0 Å². The predicted molar refractivity (Wildman–Crippen MR) is 72.2 cm³/mol. The Morgan fingerprint density at radius 2 is 2.06 bits per heavy atom. The van der Waals surface area contributed by atoms with E-state index in [2.05, 4.69) is 29.7 Å². The quantitative estimate of drug-likeness (QED) is 0.691. The van der Waals surface area contributed by atoms with Crippen molar-refractivity contribution in [2.45, 2.75) is 26.7 Å². The van der Waals surface area contributed by atoms with E-state index < -0.39 is 0 Å². The van der Waals surface area contributed by atoms with E-state index in [1.165, 1.54) is 0 Å². The highest BCUT2D eigenvalue weighted by atomic mass is 15.1. The maximum Gasteiger partial charge on any atom is 0.0738 e. The number of hydrogen-bond donors (Lipinski definition) is 0. The summed E-state index contributed by atoms with van der Waals surface area (Å²) in [7, 11) is 0. The Balaban J connectivity index is 2.70. The molecule has 0 bridgehead atoms. The number of nitrogens with zero attached hydrogens (tertiary/aromatic N) is 2. The fraction of sp³-hybridized carbons (Fsp3) is 0.533. The van der Waals surface area contributed by atoms with Crippen LogP contribution in [0.3, 0.4) is 0 Å². The van der Waals surface area contributed by atoms with Crippen LogP contribution in [0.25, 0.3) is 0 Å². The van der Waals surface area contributed by atoms with Crippen LogP contribution in [0.15, 0.2) is 36.6 Å². The van der Waals surface area contributed by atoms with Gasteiger partial charge >= 0.3 is 0 Å². The largest absolute Gasteiger partial charge is 0.378 e. The molecule has 92 valence electrons. The smallest absolute Gasteiger partial charge is 0.0738 e. The van der Waals surface area contributed by atoms with Gasteiger partial charge in [-0.2, -0.15) is 5.26 Å². The third-order valence-corrected chi connectivity index (χ3v) is 3.49. The molecule has 0 aromatic carbocycles. The first-order valence-corrected chi connectivity index (χ1v) is 6.32. The molecule has 2 nitrogen and oxygen atoms in total. The van der Waals surface area contributed by atoms with Crippen LogP contribution in [-0.2, 0) is 0 Å². The standard InChI is InChI=1S/C15H22N2/c1-4-7-13(5-2)15(12-16)14-8-10-17(6-3)11-9-14/h4-7,14-15H,3,8-11H2,1-2H3/b7-4-,13-5+. The maximum atomic E-state index is 9.37. The minimum atomic E-state index is 0.0446. The Hall–Kier alpha value is -1.49. The molecule has 0 N–H and O–H groups in total. The van der Waals surface area contributed by atoms with Gasteiger partial charge in [0.05, 0.1) is 12.0 Å². The molecule has 0 spiro atoms. The van der Waals surface area contributed by atoms with Gasteiger partial charge in [-0.1, -0.05) is 24.8 Å². The van der Waals surface area contributed by atoms with Crippen LogP contribution in [0.2, 0.25) is 0 Å². The summed E-state index contributed by atoms with van der Waals surface area (Å²) in [6.45, 7) is 9.86. The highest BCUT2D eigenvalue weighted by Gasteiger charge is 2.26. The van der Waals surface area contributed by atoms with Crippen molar-refractivity contribution in [3.63, 3.8) is 0 Å². The molecule has 1 aliphatic heterocycles. The first-order chi connectivity index (χ1) is 8.26. The summed E-state index contributed by atoms with van der Waals surface area (Å²) in [6.07, 6.45) is 10.2. The molecular weight excluding hydrogens is 208 g/mol. The van der Waals surface area contributed by atoms with E-state index in [0.29, 0.717) is 5.92 Å². The second kappa shape index (κ2) is 6.96. The van der Waals surface area contributed by atoms with E-state index in [9.17, 15) is 5.26 Å². The molecule has 1 unspecified atom stereocenters. The normalized spacial score (nSPS) is 20.3. The van der Waals surface area contributed by atoms with Crippen molar-refractivity contribution in [1.29, 1.82) is 5.26 Å². The molecule has 0 aliphatic carbocycles. The Morgan fingerprint density at radius 1 is 1.41 bits per heavy atom. The van der Waals surface area contributed by atoms with Crippen molar-refractivity contribution >= 4 is 0 Å². The second-order valence-corrected chi connectivity index (χ2v) is 4.45. The molecular formula is C15H22N2. The maximum absolute atomic E-state index is 9.37. The van der Waals surface area contributed by atoms with E-state index >= 15 is 0 Å². The van der Waals surface area contributed by atoms with Gasteiger partial charge in [0.25, 0.3) is 0 Å². The molecule has 1 fully saturated rings. The van der Waals surface area contributed by atoms with Crippen molar-refractivity contribution in [1.82, 2.24) is 4.90 Å². The van der Waals surface area contributed by atoms with Crippen LogP contribution in [0.1, 0.15) is 26.7 Å². The average molecular weight is 230 g/mol. The van der Waals surface area contributed by atoms with Gasteiger partial charge in [-0.05, 0) is 44.4 Å². The van der Waals surface area contributed by atoms with Crippen LogP contribution >= 0.6 is 0 Å². The van der Waals surface area contributed by atoms with Crippen molar-refractivity contribution in [2.24, 2.45) is 11.8 Å². The molecule has 1 atom stereocenters. The monoisotopic (exact) mass is 230 g/mol. The Labute approximate surface area is 105 Å². The molecule has 17 heavy (non-hydrogen) atoms. The summed E-state index contributed by atoms with van der Waals surface area (Å²) in [5.74, 6) is 0.529. The van der Waals surface area contributed by atoms with Gasteiger partial charge in [0, 0.05) is 13.1 Å². The van der Waals surface area contributed by atoms with E-state index in [1.54, 1.807) is 0 Å². The summed E-state index contributed by atoms with van der Waals surface area (Å²) >= 11 is 0. The number of nitriles is 1. The van der Waals surface area contributed by atoms with Crippen molar-refractivity contribution in [3.05, 3.63) is 36.6 Å². The lowest BCUT2D eigenvalue weighted by molar-refractivity contribution is 0.223. The fourth-order valence-electron chi connectivity index (χ4n) is 2.46. The summed E-state index contributed by atoms with van der Waals surface area (Å²) in [5.41, 5.74) is 1.16. The van der Waals surface area contributed by atoms with Gasteiger partial charge in [0.2, 0.25) is 0 Å². The minimum absolute atomic E-state index is 0.0446. The summed E-state index contributed by atoms with van der Waals surface area (Å²) < 4.78 is 0. The molecule has 1 rings (SSSR count). The van der Waals surface area contributed by atoms with E-state index in [0.717, 1.165) is 31.5 Å². The molecule has 1 saturated heterocycles. The molecule has 1 heterocycles. The zero-order chi connectivity index (χ0) is 12.7. The number of rotatable bonds is 4. The summed E-state index contributed by atoms with van der Waals surface area (Å²) in [6, 6.07) is 2.48. The van der Waals surface area contributed by atoms with Crippen LogP contribution in [-0.4, -0.2) is 18.0 Å². The first kappa shape index (κ1) is 13.6. The highest BCUT2D eigenvalue weighted by Crippen LogP contribution is 2.30. The summed E-state index contributed by atoms with van der Waals surface area (Å²) in [4.78, 5) is 2.23. The SMILES string of the molecule is C=CN1CCC(C(C#N)C(/C=C\C)=C/C)CC1. The lowest BCUT2D eigenvalue weighted by atomic mass is 9.80. The molecule has 0 saturated carbocycles. The van der Waals surface area contributed by atoms with Crippen LogP contribution < -0.4 is 0 Å². The van der Waals surface area contributed by atoms with E-state index in [1.807, 2.05) is 26.1 Å². The van der Waals surface area contributed by atoms with Crippen LogP contribution in [0, 0.1) is 23.2 Å². The lowest BCUT2D eigenvalue weighted by Gasteiger charge is -2.33. The molecule has 0 amide bonds. The molecule has 1 aliphatic rings. The molecule has 0 aromatic rings. The zero-order valence-corrected chi connectivity index (χ0v) is 10.9. The van der Waals surface area contributed by atoms with Crippen molar-refractivity contribution < 1.29 is 0 Å². The average Bonchev–Trinajstić information content (AvgIpc) is 2.39. The fourth-order valence-corrected chi connectivity index (χ4v) is 2.46. The summed E-state index contributed by atoms with van der Waals surface area (Å²) in [5, 5.41) is 9.37. The predicted octanol–water partition coefficient (Wildman–Crippen LogP) is 3.50. The van der Waals surface area contributed by atoms with Crippen LogP contribution in [0.4, 0.5) is 0 Å².